The molecule has 2 saturated heterocycles. The first-order valence-electron chi connectivity index (χ1n) is 11.4. The summed E-state index contributed by atoms with van der Waals surface area (Å²) in [5.74, 6) is 2.44. The van der Waals surface area contributed by atoms with Gasteiger partial charge in [-0.15, -0.1) is 0 Å². The molecule has 0 aromatic rings. The average Bonchev–Trinajstić information content (AvgIpc) is 2.73. The van der Waals surface area contributed by atoms with Crippen LogP contribution in [0.15, 0.2) is 12.2 Å². The molecule has 0 amide bonds. The summed E-state index contributed by atoms with van der Waals surface area (Å²) in [6.07, 6.45) is 15.4. The average molecular weight is 381 g/mol. The van der Waals surface area contributed by atoms with E-state index in [0.29, 0.717) is 17.8 Å². The topological polar surface area (TPSA) is 36.9 Å². The maximum atomic E-state index is 6.11. The highest BCUT2D eigenvalue weighted by atomic mass is 16.7. The van der Waals surface area contributed by atoms with Crippen LogP contribution in [-0.2, 0) is 18.9 Å². The molecule has 27 heavy (non-hydrogen) atoms. The second kappa shape index (κ2) is 11.5. The molecule has 0 spiro atoms. The third-order valence-electron chi connectivity index (χ3n) is 6.41. The highest BCUT2D eigenvalue weighted by Gasteiger charge is 2.32. The maximum Gasteiger partial charge on any atom is 0.160 e. The summed E-state index contributed by atoms with van der Waals surface area (Å²) < 4.78 is 24.0. The van der Waals surface area contributed by atoms with E-state index >= 15 is 0 Å². The number of ether oxygens (including phenoxy) is 4. The van der Waals surface area contributed by atoms with Gasteiger partial charge >= 0.3 is 0 Å². The Labute approximate surface area is 166 Å². The Morgan fingerprint density at radius 1 is 0.741 bits per heavy atom. The number of allylic oxidation sites excluding steroid dienone is 1. The van der Waals surface area contributed by atoms with Gasteiger partial charge in [0.15, 0.2) is 12.6 Å². The first kappa shape index (κ1) is 21.3. The minimum absolute atomic E-state index is 0.0390. The maximum absolute atomic E-state index is 6.11. The fraction of sp³-hybridized carbons (Fsp3) is 0.913. The van der Waals surface area contributed by atoms with Gasteiger partial charge in [0.05, 0.1) is 26.4 Å². The van der Waals surface area contributed by atoms with Crippen molar-refractivity contribution in [3.63, 3.8) is 0 Å². The van der Waals surface area contributed by atoms with Gasteiger partial charge in [0, 0.05) is 17.8 Å². The third-order valence-corrected chi connectivity index (χ3v) is 6.41. The molecule has 1 saturated carbocycles. The summed E-state index contributed by atoms with van der Waals surface area (Å²) in [5.41, 5.74) is 0. The van der Waals surface area contributed by atoms with Gasteiger partial charge in [-0.2, -0.15) is 0 Å². The first-order chi connectivity index (χ1) is 13.3. The number of rotatable bonds is 8. The van der Waals surface area contributed by atoms with Gasteiger partial charge in [0.1, 0.15) is 0 Å². The molecular weight excluding hydrogens is 340 g/mol. The molecule has 4 heteroatoms. The monoisotopic (exact) mass is 380 g/mol. The second-order valence-corrected chi connectivity index (χ2v) is 8.74. The molecule has 0 radical (unpaired) electrons. The van der Waals surface area contributed by atoms with Crippen LogP contribution in [0.5, 0.6) is 0 Å². The van der Waals surface area contributed by atoms with E-state index in [-0.39, 0.29) is 12.6 Å². The zero-order valence-electron chi connectivity index (χ0n) is 17.4. The third kappa shape index (κ3) is 6.85. The van der Waals surface area contributed by atoms with E-state index in [1.54, 1.807) is 0 Å². The minimum atomic E-state index is -0.0529. The molecule has 0 unspecified atom stereocenters. The summed E-state index contributed by atoms with van der Waals surface area (Å²) in [7, 11) is 0. The Morgan fingerprint density at radius 3 is 2.07 bits per heavy atom. The van der Waals surface area contributed by atoms with Crippen molar-refractivity contribution in [2.45, 2.75) is 84.2 Å². The fourth-order valence-electron chi connectivity index (χ4n) is 4.69. The predicted molar refractivity (Wildman–Crippen MR) is 107 cm³/mol. The van der Waals surface area contributed by atoms with Gasteiger partial charge in [0.25, 0.3) is 0 Å². The van der Waals surface area contributed by atoms with Crippen molar-refractivity contribution in [3.8, 4) is 0 Å². The Bertz CT molecular complexity index is 414. The molecule has 0 bridgehead atoms. The van der Waals surface area contributed by atoms with E-state index in [1.165, 1.54) is 38.5 Å². The molecule has 2 aliphatic heterocycles. The van der Waals surface area contributed by atoms with E-state index in [2.05, 4.69) is 26.0 Å². The van der Waals surface area contributed by atoms with Crippen molar-refractivity contribution in [1.82, 2.24) is 0 Å². The molecule has 4 nitrogen and oxygen atoms in total. The molecule has 0 N–H and O–H groups in total. The van der Waals surface area contributed by atoms with E-state index in [0.717, 1.165) is 51.6 Å². The van der Waals surface area contributed by atoms with Crippen molar-refractivity contribution in [2.75, 3.05) is 26.4 Å². The summed E-state index contributed by atoms with van der Waals surface area (Å²) in [5, 5.41) is 0. The predicted octanol–water partition coefficient (Wildman–Crippen LogP) is 5.32. The summed E-state index contributed by atoms with van der Waals surface area (Å²) >= 11 is 0. The molecule has 3 rings (SSSR count). The number of hydrogen-bond acceptors (Lipinski definition) is 4. The van der Waals surface area contributed by atoms with Crippen LogP contribution in [-0.4, -0.2) is 39.0 Å². The van der Waals surface area contributed by atoms with Crippen molar-refractivity contribution >= 4 is 0 Å². The Balaban J connectivity index is 1.28. The van der Waals surface area contributed by atoms with Crippen LogP contribution in [0.25, 0.3) is 0 Å². The highest BCUT2D eigenvalue weighted by Crippen LogP contribution is 2.36. The Hall–Kier alpha value is -0.420. The van der Waals surface area contributed by atoms with Crippen molar-refractivity contribution in [1.29, 1.82) is 0 Å². The van der Waals surface area contributed by atoms with Crippen molar-refractivity contribution < 1.29 is 18.9 Å². The largest absolute Gasteiger partial charge is 0.352 e. The minimum Gasteiger partial charge on any atom is -0.352 e. The Kier molecular flexibility index (Phi) is 9.11. The van der Waals surface area contributed by atoms with E-state index in [1.807, 2.05) is 0 Å². The van der Waals surface area contributed by atoms with Crippen molar-refractivity contribution in [2.24, 2.45) is 23.7 Å². The molecule has 2 heterocycles. The van der Waals surface area contributed by atoms with E-state index < -0.39 is 0 Å². The quantitative estimate of drug-likeness (QED) is 0.534. The molecule has 156 valence electrons. The van der Waals surface area contributed by atoms with Crippen LogP contribution in [0.1, 0.15) is 71.6 Å². The van der Waals surface area contributed by atoms with Gasteiger partial charge in [-0.05, 0) is 50.9 Å². The van der Waals surface area contributed by atoms with Gasteiger partial charge in [-0.3, -0.25) is 0 Å². The zero-order valence-corrected chi connectivity index (χ0v) is 17.4. The summed E-state index contributed by atoms with van der Waals surface area (Å²) in [6.45, 7) is 7.66. The smallest absolute Gasteiger partial charge is 0.160 e. The van der Waals surface area contributed by atoms with Gasteiger partial charge in [0.2, 0.25) is 0 Å². The zero-order chi connectivity index (χ0) is 18.9. The molecule has 1 aliphatic carbocycles. The van der Waals surface area contributed by atoms with Crippen LogP contribution >= 0.6 is 0 Å². The standard InChI is InChI=1S/C23H40O4/c1-3-5-7-19-14-24-22(25-15-19)13-10-20-16-26-23(27-17-20)21-11-8-18(6-4-2)9-12-21/h5,7,18-23H,3-4,6,8-17H2,1-2H3. The van der Waals surface area contributed by atoms with Crippen LogP contribution in [0.2, 0.25) is 0 Å². The van der Waals surface area contributed by atoms with Gasteiger partial charge in [-0.25, -0.2) is 0 Å². The lowest BCUT2D eigenvalue weighted by molar-refractivity contribution is -0.235. The SMILES string of the molecule is CCC=CC1COC(CCC2COC(C3CCC(CCC)CC3)OC2)OC1. The second-order valence-electron chi connectivity index (χ2n) is 8.74. The van der Waals surface area contributed by atoms with Crippen molar-refractivity contribution in [3.05, 3.63) is 12.2 Å². The van der Waals surface area contributed by atoms with Crippen LogP contribution in [0.3, 0.4) is 0 Å². The first-order valence-corrected chi connectivity index (χ1v) is 11.4. The lowest BCUT2D eigenvalue weighted by Gasteiger charge is -2.38. The molecule has 0 atom stereocenters. The molecule has 3 fully saturated rings. The highest BCUT2D eigenvalue weighted by molar-refractivity contribution is 4.88. The number of hydrogen-bond donors (Lipinski definition) is 0. The van der Waals surface area contributed by atoms with Crippen LogP contribution in [0.4, 0.5) is 0 Å². The van der Waals surface area contributed by atoms with E-state index in [9.17, 15) is 0 Å². The van der Waals surface area contributed by atoms with Gasteiger partial charge < -0.3 is 18.9 Å². The summed E-state index contributed by atoms with van der Waals surface area (Å²) in [4.78, 5) is 0. The lowest BCUT2D eigenvalue weighted by atomic mass is 9.79. The molecule has 3 aliphatic rings. The molecular formula is C23H40O4. The summed E-state index contributed by atoms with van der Waals surface area (Å²) in [6, 6.07) is 0. The Morgan fingerprint density at radius 2 is 1.44 bits per heavy atom. The van der Waals surface area contributed by atoms with E-state index in [4.69, 9.17) is 18.9 Å². The van der Waals surface area contributed by atoms with Crippen LogP contribution < -0.4 is 0 Å². The van der Waals surface area contributed by atoms with Gasteiger partial charge in [-0.1, -0.05) is 38.8 Å². The molecule has 0 aromatic carbocycles. The molecule has 0 aromatic heterocycles. The lowest BCUT2D eigenvalue weighted by Crippen LogP contribution is -2.39. The fourth-order valence-corrected chi connectivity index (χ4v) is 4.69. The van der Waals surface area contributed by atoms with Crippen LogP contribution in [0, 0.1) is 23.7 Å². The normalized spacial score (nSPS) is 38.3.